The van der Waals surface area contributed by atoms with Crippen LogP contribution in [-0.4, -0.2) is 61.5 Å². The fraction of sp³-hybridized carbons (Fsp3) is 0.522. The lowest BCUT2D eigenvalue weighted by Crippen LogP contribution is -2.46. The van der Waals surface area contributed by atoms with Gasteiger partial charge < -0.3 is 20.3 Å². The van der Waals surface area contributed by atoms with Crippen molar-refractivity contribution in [1.82, 2.24) is 15.3 Å². The summed E-state index contributed by atoms with van der Waals surface area (Å²) < 4.78 is 30.6. The van der Waals surface area contributed by atoms with Gasteiger partial charge in [0.1, 0.15) is 5.82 Å². The van der Waals surface area contributed by atoms with E-state index >= 15 is 0 Å². The fourth-order valence-corrected chi connectivity index (χ4v) is 5.58. The summed E-state index contributed by atoms with van der Waals surface area (Å²) in [6, 6.07) is 7.15. The molecule has 1 saturated heterocycles. The molecule has 3 heterocycles. The maximum atomic E-state index is 13.0. The van der Waals surface area contributed by atoms with Gasteiger partial charge in [0, 0.05) is 36.3 Å². The molecular weight excluding hydrogens is 442 g/mol. The Bertz CT molecular complexity index is 1150. The fourth-order valence-electron chi connectivity index (χ4n) is 4.16. The third-order valence-electron chi connectivity index (χ3n) is 6.22. The minimum atomic E-state index is -3.34. The van der Waals surface area contributed by atoms with Crippen LogP contribution in [0.3, 0.4) is 0 Å². The van der Waals surface area contributed by atoms with Crippen LogP contribution in [0.25, 0.3) is 11.4 Å². The van der Waals surface area contributed by atoms with Crippen LogP contribution in [0.5, 0.6) is 0 Å². The summed E-state index contributed by atoms with van der Waals surface area (Å²) in [6.45, 7) is 9.73. The summed E-state index contributed by atoms with van der Waals surface area (Å²) in [5, 5.41) is 5.48. The van der Waals surface area contributed by atoms with E-state index in [1.165, 1.54) is 0 Å². The monoisotopic (exact) mass is 473 g/mol. The van der Waals surface area contributed by atoms with E-state index in [1.54, 1.807) is 26.0 Å². The molecule has 2 aliphatic heterocycles. The highest BCUT2D eigenvalue weighted by Crippen LogP contribution is 2.38. The lowest BCUT2D eigenvalue weighted by molar-refractivity contribution is 0.0984. The van der Waals surface area contributed by atoms with Crippen LogP contribution >= 0.6 is 0 Å². The molecule has 2 amide bonds. The van der Waals surface area contributed by atoms with Crippen molar-refractivity contribution in [3.05, 3.63) is 35.5 Å². The van der Waals surface area contributed by atoms with Crippen molar-refractivity contribution < 1.29 is 17.9 Å². The number of hydrogen-bond donors (Lipinski definition) is 2. The number of sulfone groups is 1. The van der Waals surface area contributed by atoms with Gasteiger partial charge in [0.2, 0.25) is 0 Å². The van der Waals surface area contributed by atoms with Gasteiger partial charge in [-0.05, 0) is 52.0 Å². The molecular formula is C23H31N5O4S. The smallest absolute Gasteiger partial charge is 0.319 e. The van der Waals surface area contributed by atoms with Crippen molar-refractivity contribution >= 4 is 27.4 Å². The molecule has 0 saturated carbocycles. The van der Waals surface area contributed by atoms with Gasteiger partial charge >= 0.3 is 6.03 Å². The number of morpholine rings is 1. The van der Waals surface area contributed by atoms with Gasteiger partial charge in [0.05, 0.1) is 35.4 Å². The first-order chi connectivity index (χ1) is 15.6. The van der Waals surface area contributed by atoms with Crippen LogP contribution in [0, 0.1) is 0 Å². The third-order valence-corrected chi connectivity index (χ3v) is 8.72. The summed E-state index contributed by atoms with van der Waals surface area (Å²) in [4.78, 5) is 23.6. The SMILES string of the molecule is CCNC(=O)Nc1ccc(-c2nc3c(c(N4CCOC[C@@H]4C)n2)CS(=O)(=O)C(C)(C)C3)cc1. The van der Waals surface area contributed by atoms with Crippen LogP contribution in [0.1, 0.15) is 39.0 Å². The number of rotatable bonds is 4. The highest BCUT2D eigenvalue weighted by Gasteiger charge is 2.42. The minimum Gasteiger partial charge on any atom is -0.377 e. The molecule has 2 aromatic rings. The van der Waals surface area contributed by atoms with Crippen molar-refractivity contribution in [2.45, 2.75) is 50.7 Å². The first-order valence-corrected chi connectivity index (χ1v) is 12.9. The van der Waals surface area contributed by atoms with Gasteiger partial charge in [-0.2, -0.15) is 0 Å². The van der Waals surface area contributed by atoms with E-state index < -0.39 is 14.6 Å². The van der Waals surface area contributed by atoms with Crippen molar-refractivity contribution in [2.75, 3.05) is 36.5 Å². The van der Waals surface area contributed by atoms with E-state index in [9.17, 15) is 13.2 Å². The normalized spacial score (nSPS) is 21.2. The largest absolute Gasteiger partial charge is 0.377 e. The standard InChI is InChI=1S/C23H31N5O4S/c1-5-24-22(29)25-17-8-6-16(7-9-17)20-26-19-12-23(3,4)33(30,31)14-18(19)21(27-20)28-10-11-32-13-15(28)2/h6-9,15H,5,10-14H2,1-4H3,(H2,24,25,29)/t15-/m0/s1. The minimum absolute atomic E-state index is 0.0651. The second-order valence-corrected chi connectivity index (χ2v) is 11.8. The topological polar surface area (TPSA) is 114 Å². The molecule has 1 fully saturated rings. The van der Waals surface area contributed by atoms with Gasteiger partial charge in [-0.1, -0.05) is 0 Å². The molecule has 0 spiro atoms. The van der Waals surface area contributed by atoms with E-state index in [0.29, 0.717) is 55.6 Å². The summed E-state index contributed by atoms with van der Waals surface area (Å²) in [5.74, 6) is 1.15. The Morgan fingerprint density at radius 1 is 1.24 bits per heavy atom. The average Bonchev–Trinajstić information content (AvgIpc) is 2.75. The molecule has 2 aliphatic rings. The summed E-state index contributed by atoms with van der Waals surface area (Å²) >= 11 is 0. The molecule has 0 radical (unpaired) electrons. The van der Waals surface area contributed by atoms with Crippen molar-refractivity contribution in [3.63, 3.8) is 0 Å². The summed E-state index contributed by atoms with van der Waals surface area (Å²) in [7, 11) is -3.34. The molecule has 0 unspecified atom stereocenters. The second kappa shape index (κ2) is 8.90. The Labute approximate surface area is 194 Å². The molecule has 0 aliphatic carbocycles. The lowest BCUT2D eigenvalue weighted by atomic mass is 10.0. The van der Waals surface area contributed by atoms with Crippen molar-refractivity contribution in [1.29, 1.82) is 0 Å². The molecule has 1 aromatic heterocycles. The van der Waals surface area contributed by atoms with E-state index in [4.69, 9.17) is 14.7 Å². The summed E-state index contributed by atoms with van der Waals surface area (Å²) in [6.07, 6.45) is 0.336. The number of ether oxygens (including phenoxy) is 1. The maximum absolute atomic E-state index is 13.0. The zero-order valence-corrected chi connectivity index (χ0v) is 20.3. The first-order valence-electron chi connectivity index (χ1n) is 11.2. The Balaban J connectivity index is 1.76. The van der Waals surface area contributed by atoms with Crippen LogP contribution in [0.4, 0.5) is 16.3 Å². The number of carbonyl (C=O) groups excluding carboxylic acids is 1. The predicted molar refractivity (Wildman–Crippen MR) is 128 cm³/mol. The van der Waals surface area contributed by atoms with Crippen molar-refractivity contribution in [3.8, 4) is 11.4 Å². The van der Waals surface area contributed by atoms with Crippen molar-refractivity contribution in [2.24, 2.45) is 0 Å². The number of carbonyl (C=O) groups is 1. The highest BCUT2D eigenvalue weighted by molar-refractivity contribution is 7.92. The number of benzene rings is 1. The lowest BCUT2D eigenvalue weighted by Gasteiger charge is -2.38. The van der Waals surface area contributed by atoms with Gasteiger partial charge in [0.15, 0.2) is 15.7 Å². The number of hydrogen-bond acceptors (Lipinski definition) is 7. The number of aromatic nitrogens is 2. The van der Waals surface area contributed by atoms with Crippen LogP contribution in [0.15, 0.2) is 24.3 Å². The number of nitrogens with zero attached hydrogens (tertiary/aromatic N) is 3. The molecule has 2 N–H and O–H groups in total. The molecule has 0 bridgehead atoms. The first kappa shape index (κ1) is 23.4. The Morgan fingerprint density at radius 3 is 2.64 bits per heavy atom. The molecule has 4 rings (SSSR count). The molecule has 1 aromatic carbocycles. The average molecular weight is 474 g/mol. The molecule has 178 valence electrons. The number of fused-ring (bicyclic) bond motifs is 1. The Morgan fingerprint density at radius 2 is 1.97 bits per heavy atom. The molecule has 1 atom stereocenters. The van der Waals surface area contributed by atoms with E-state index in [-0.39, 0.29) is 17.8 Å². The van der Waals surface area contributed by atoms with E-state index in [2.05, 4.69) is 22.5 Å². The number of nitrogens with one attached hydrogen (secondary N) is 2. The quantitative estimate of drug-likeness (QED) is 0.702. The molecule has 10 heteroatoms. The van der Waals surface area contributed by atoms with E-state index in [0.717, 1.165) is 11.3 Å². The van der Waals surface area contributed by atoms with Gasteiger partial charge in [-0.25, -0.2) is 23.2 Å². The molecule has 33 heavy (non-hydrogen) atoms. The second-order valence-electron chi connectivity index (χ2n) is 9.17. The Kier molecular flexibility index (Phi) is 6.32. The number of anilines is 2. The van der Waals surface area contributed by atoms with E-state index in [1.807, 2.05) is 19.1 Å². The van der Waals surface area contributed by atoms with Gasteiger partial charge in [0.25, 0.3) is 0 Å². The number of amides is 2. The molecule has 9 nitrogen and oxygen atoms in total. The maximum Gasteiger partial charge on any atom is 0.319 e. The zero-order chi connectivity index (χ0) is 23.8. The zero-order valence-electron chi connectivity index (χ0n) is 19.5. The number of urea groups is 1. The van der Waals surface area contributed by atoms with Crippen LogP contribution < -0.4 is 15.5 Å². The van der Waals surface area contributed by atoms with Gasteiger partial charge in [-0.3, -0.25) is 0 Å². The van der Waals surface area contributed by atoms with Gasteiger partial charge in [-0.15, -0.1) is 0 Å². The third kappa shape index (κ3) is 4.67. The Hall–Kier alpha value is -2.72. The van der Waals surface area contributed by atoms with Crippen LogP contribution in [0.2, 0.25) is 0 Å². The predicted octanol–water partition coefficient (Wildman–Crippen LogP) is 2.76. The van der Waals surface area contributed by atoms with Crippen LogP contribution in [-0.2, 0) is 26.7 Å². The highest BCUT2D eigenvalue weighted by atomic mass is 32.2. The summed E-state index contributed by atoms with van der Waals surface area (Å²) in [5.41, 5.74) is 2.93.